The highest BCUT2D eigenvalue weighted by molar-refractivity contribution is 5.73. The molecule has 1 saturated heterocycles. The zero-order valence-corrected chi connectivity index (χ0v) is 15.7. The van der Waals surface area contributed by atoms with Gasteiger partial charge >= 0.3 is 11.9 Å². The van der Waals surface area contributed by atoms with Gasteiger partial charge in [-0.3, -0.25) is 9.59 Å². The summed E-state index contributed by atoms with van der Waals surface area (Å²) in [4.78, 5) is 25.7. The molecule has 0 radical (unpaired) electrons. The molecule has 2 aliphatic heterocycles. The van der Waals surface area contributed by atoms with E-state index in [9.17, 15) is 9.59 Å². The van der Waals surface area contributed by atoms with Crippen LogP contribution in [0.4, 0.5) is 0 Å². The number of benzene rings is 1. The van der Waals surface area contributed by atoms with Crippen molar-refractivity contribution in [2.45, 2.75) is 50.4 Å². The Morgan fingerprint density at radius 1 is 1.22 bits per heavy atom. The first-order valence-corrected chi connectivity index (χ1v) is 9.49. The summed E-state index contributed by atoms with van der Waals surface area (Å²) < 4.78 is 17.5. The molecule has 6 nitrogen and oxygen atoms in total. The van der Waals surface area contributed by atoms with E-state index < -0.39 is 6.10 Å². The van der Waals surface area contributed by atoms with Crippen molar-refractivity contribution in [2.24, 2.45) is 5.92 Å². The van der Waals surface area contributed by atoms with Gasteiger partial charge < -0.3 is 19.1 Å². The van der Waals surface area contributed by atoms with Crippen LogP contribution in [0.15, 0.2) is 24.3 Å². The maximum atomic E-state index is 11.7. The Bertz CT molecular complexity index is 878. The predicted molar refractivity (Wildman–Crippen MR) is 96.8 cm³/mol. The van der Waals surface area contributed by atoms with Crippen LogP contribution in [0.25, 0.3) is 0 Å². The maximum Gasteiger partial charge on any atom is 0.308 e. The number of esters is 2. The van der Waals surface area contributed by atoms with Crippen LogP contribution in [-0.2, 0) is 26.2 Å². The number of carbonyl (C=O) groups is 2. The third kappa shape index (κ3) is 2.16. The maximum absolute atomic E-state index is 11.7. The van der Waals surface area contributed by atoms with Gasteiger partial charge in [-0.1, -0.05) is 12.1 Å². The lowest BCUT2D eigenvalue weighted by atomic mass is 9.54. The Kier molecular flexibility index (Phi) is 3.47. The minimum absolute atomic E-state index is 0.245. The fourth-order valence-corrected chi connectivity index (χ4v) is 5.74. The molecule has 1 fully saturated rings. The van der Waals surface area contributed by atoms with Gasteiger partial charge in [0.2, 0.25) is 0 Å². The van der Waals surface area contributed by atoms with Gasteiger partial charge in [0.1, 0.15) is 6.10 Å². The molecule has 4 aliphatic rings. The van der Waals surface area contributed by atoms with Crippen molar-refractivity contribution in [1.82, 2.24) is 4.90 Å². The largest absolute Gasteiger partial charge is 0.481 e. The van der Waals surface area contributed by atoms with Crippen LogP contribution in [0.3, 0.4) is 0 Å². The summed E-state index contributed by atoms with van der Waals surface area (Å²) in [5.74, 6) is 0.712. The van der Waals surface area contributed by atoms with Crippen molar-refractivity contribution in [3.63, 3.8) is 0 Å². The summed E-state index contributed by atoms with van der Waals surface area (Å²) in [7, 11) is 2.17. The Hall–Kier alpha value is -2.34. The molecule has 5 rings (SSSR count). The molecular weight excluding hydrogens is 350 g/mol. The van der Waals surface area contributed by atoms with Gasteiger partial charge in [-0.2, -0.15) is 0 Å². The Morgan fingerprint density at radius 2 is 2.04 bits per heavy atom. The van der Waals surface area contributed by atoms with Gasteiger partial charge in [0.25, 0.3) is 0 Å². The van der Waals surface area contributed by atoms with Gasteiger partial charge in [-0.05, 0) is 44.1 Å². The topological polar surface area (TPSA) is 65.1 Å². The fraction of sp³-hybridized carbons (Fsp3) is 0.524. The summed E-state index contributed by atoms with van der Waals surface area (Å²) in [6.07, 6.45) is 5.31. The second kappa shape index (κ2) is 5.58. The molecule has 1 aromatic carbocycles. The van der Waals surface area contributed by atoms with Gasteiger partial charge in [0.05, 0.1) is 0 Å². The van der Waals surface area contributed by atoms with Crippen molar-refractivity contribution >= 4 is 11.9 Å². The third-order valence-corrected chi connectivity index (χ3v) is 6.67. The molecule has 2 bridgehead atoms. The highest BCUT2D eigenvalue weighted by Gasteiger charge is 2.65. The first-order valence-electron chi connectivity index (χ1n) is 9.49. The lowest BCUT2D eigenvalue weighted by molar-refractivity contribution is -0.152. The van der Waals surface area contributed by atoms with Gasteiger partial charge in [-0.25, -0.2) is 0 Å². The SMILES string of the molecule is CC(=O)O[C@H]1C=C[C@H]2[C@H]3Cc4[13cH][13cH][13c](OC(C)=O)[13c]5c4[C@@]2(CCN3C)[C@H]1O5. The van der Waals surface area contributed by atoms with Crippen molar-refractivity contribution in [1.29, 1.82) is 0 Å². The summed E-state index contributed by atoms with van der Waals surface area (Å²) in [6, 6.07) is 4.28. The Morgan fingerprint density at radius 3 is 2.78 bits per heavy atom. The molecule has 2 heterocycles. The average molecular weight is 373 g/mol. The molecule has 1 spiro atoms. The molecule has 27 heavy (non-hydrogen) atoms. The first kappa shape index (κ1) is 16.8. The smallest absolute Gasteiger partial charge is 0.308 e. The van der Waals surface area contributed by atoms with Crippen LogP contribution >= 0.6 is 0 Å². The number of hydrogen-bond donors (Lipinski definition) is 0. The summed E-state index contributed by atoms with van der Waals surface area (Å²) in [6.45, 7) is 3.77. The number of piperidine rings is 1. The van der Waals surface area contributed by atoms with Crippen LogP contribution in [0.5, 0.6) is 11.5 Å². The predicted octanol–water partition coefficient (Wildman–Crippen LogP) is 1.99. The Balaban J connectivity index is 1.71. The molecule has 2 aliphatic carbocycles. The van der Waals surface area contributed by atoms with Gasteiger partial charge in [0, 0.05) is 36.8 Å². The van der Waals surface area contributed by atoms with Crippen molar-refractivity contribution < 1.29 is 23.8 Å². The molecule has 0 amide bonds. The van der Waals surface area contributed by atoms with Crippen LogP contribution in [0, 0.1) is 5.92 Å². The van der Waals surface area contributed by atoms with E-state index in [1.807, 2.05) is 12.1 Å². The zero-order valence-electron chi connectivity index (χ0n) is 15.7. The highest BCUT2D eigenvalue weighted by Crippen LogP contribution is 2.62. The lowest BCUT2D eigenvalue weighted by Gasteiger charge is -2.56. The van der Waals surface area contributed by atoms with Crippen LogP contribution in [0.1, 0.15) is 31.4 Å². The van der Waals surface area contributed by atoms with Gasteiger partial charge in [-0.15, -0.1) is 0 Å². The van der Waals surface area contributed by atoms with E-state index >= 15 is 0 Å². The number of ether oxygens (including phenoxy) is 3. The van der Waals surface area contributed by atoms with E-state index in [2.05, 4.69) is 24.1 Å². The Labute approximate surface area is 158 Å². The standard InChI is InChI=1S/C21H23NO5/c1-11(23)25-16-6-4-13-10-15-14-5-7-17(26-12(2)24)20-21(14,8-9-22(15)3)18(13)19(16)27-20/h4-7,14-15,17,20H,8-10H2,1-3H3/t14-,15+,17-,20-,21-/m0/s1/i4+1,6+1,16+1,19+1. The number of hydrogen-bond acceptors (Lipinski definition) is 6. The fourth-order valence-electron chi connectivity index (χ4n) is 5.74. The van der Waals surface area contributed by atoms with E-state index in [0.717, 1.165) is 24.9 Å². The van der Waals surface area contributed by atoms with Gasteiger partial charge in [0.15, 0.2) is 17.6 Å². The van der Waals surface area contributed by atoms with Crippen LogP contribution in [-0.4, -0.2) is 48.7 Å². The van der Waals surface area contributed by atoms with E-state index in [1.54, 1.807) is 0 Å². The number of nitrogens with zero attached hydrogens (tertiary/aromatic N) is 1. The van der Waals surface area contributed by atoms with Crippen molar-refractivity contribution in [3.8, 4) is 11.5 Å². The van der Waals surface area contributed by atoms with E-state index in [1.165, 1.54) is 19.4 Å². The third-order valence-electron chi connectivity index (χ3n) is 6.67. The molecule has 5 atom stereocenters. The molecule has 0 unspecified atom stereocenters. The molecule has 0 N–H and O–H groups in total. The molecule has 0 saturated carbocycles. The molecule has 1 aromatic rings. The number of likely N-dealkylation sites (N-methyl/N-ethyl adjacent to an activating group) is 1. The monoisotopic (exact) mass is 373 g/mol. The summed E-state index contributed by atoms with van der Waals surface area (Å²) in [5, 5.41) is 0. The zero-order chi connectivity index (χ0) is 18.9. The average Bonchev–Trinajstić information content (AvgIpc) is 2.95. The van der Waals surface area contributed by atoms with E-state index in [0.29, 0.717) is 17.5 Å². The number of carbonyl (C=O) groups excluding carboxylic acids is 2. The van der Waals surface area contributed by atoms with Crippen LogP contribution in [0.2, 0.25) is 0 Å². The quantitative estimate of drug-likeness (QED) is 0.449. The molecule has 6 heteroatoms. The highest BCUT2D eigenvalue weighted by atomic mass is 16.7. The molecule has 0 aromatic heterocycles. The van der Waals surface area contributed by atoms with E-state index in [4.69, 9.17) is 14.2 Å². The first-order chi connectivity index (χ1) is 12.9. The number of rotatable bonds is 2. The lowest BCUT2D eigenvalue weighted by Crippen LogP contribution is -2.65. The second-order valence-corrected chi connectivity index (χ2v) is 8.09. The summed E-state index contributed by atoms with van der Waals surface area (Å²) >= 11 is 0. The molecular formula is C21H23NO5. The van der Waals surface area contributed by atoms with Crippen molar-refractivity contribution in [3.05, 3.63) is 35.4 Å². The normalized spacial score (nSPS) is 35.2. The minimum Gasteiger partial charge on any atom is -0.481 e. The molecule has 142 valence electrons. The number of likely N-dealkylation sites (tertiary alicyclic amines) is 1. The summed E-state index contributed by atoms with van der Waals surface area (Å²) in [5.41, 5.74) is 2.15. The second-order valence-electron chi connectivity index (χ2n) is 8.09. The van der Waals surface area contributed by atoms with E-state index in [-0.39, 0.29) is 29.4 Å². The van der Waals surface area contributed by atoms with Crippen LogP contribution < -0.4 is 9.47 Å². The minimum atomic E-state index is -0.439. The van der Waals surface area contributed by atoms with Crippen molar-refractivity contribution in [2.75, 3.05) is 13.6 Å².